The van der Waals surface area contributed by atoms with Crippen molar-refractivity contribution in [2.45, 2.75) is 13.1 Å². The highest BCUT2D eigenvalue weighted by atomic mass is 32.1. The fraction of sp³-hybridized carbons (Fsp3) is 0.120. The summed E-state index contributed by atoms with van der Waals surface area (Å²) in [5.74, 6) is -1.14. The molecule has 0 saturated heterocycles. The second kappa shape index (κ2) is 7.86. The number of fused-ring (bicyclic) bond motifs is 2. The summed E-state index contributed by atoms with van der Waals surface area (Å²) in [6.07, 6.45) is 2.15. The molecule has 2 aromatic carbocycles. The van der Waals surface area contributed by atoms with Gasteiger partial charge in [-0.3, -0.25) is 0 Å². The summed E-state index contributed by atoms with van der Waals surface area (Å²) in [5, 5.41) is 14.9. The van der Waals surface area contributed by atoms with Crippen LogP contribution in [-0.4, -0.2) is 17.5 Å². The van der Waals surface area contributed by atoms with E-state index in [1.54, 1.807) is 11.3 Å². The highest BCUT2D eigenvalue weighted by Gasteiger charge is 2.29. The standard InChI is InChI=1S/C25H20N2O2S/c28-25(29)23-20-10-4-5-11-22(20)26-24-18(13-19-9-6-12-30-19)15-27(16-21(23)24)14-17-7-2-1-3-8-17/h1-13H,14-16H2,(H,28,29)/b18-13+. The quantitative estimate of drug-likeness (QED) is 0.561. The minimum atomic E-state index is -1.14. The van der Waals surface area contributed by atoms with Gasteiger partial charge in [-0.25, -0.2) is 4.98 Å². The number of thiophene rings is 1. The molecule has 0 bridgehead atoms. The SMILES string of the molecule is O=C([O-])c1c2c(nc3ccccc13)/C(=C/c1cccs1)C[NH+](Cc1ccccc1)C2. The molecule has 0 aliphatic carbocycles. The Bertz CT molecular complexity index is 1250. The highest BCUT2D eigenvalue weighted by molar-refractivity contribution is 7.10. The molecule has 2 aromatic heterocycles. The number of carboxylic acid groups (broad SMARTS) is 1. The first kappa shape index (κ1) is 18.7. The third-order valence-corrected chi connectivity index (χ3v) is 6.34. The first-order valence-corrected chi connectivity index (χ1v) is 10.8. The summed E-state index contributed by atoms with van der Waals surface area (Å²) in [6.45, 7) is 2.21. The molecule has 3 heterocycles. The van der Waals surface area contributed by atoms with Crippen LogP contribution in [0.4, 0.5) is 0 Å². The van der Waals surface area contributed by atoms with Crippen LogP contribution in [0.25, 0.3) is 22.6 Å². The van der Waals surface area contributed by atoms with E-state index in [2.05, 4.69) is 24.3 Å². The molecule has 0 spiro atoms. The lowest BCUT2D eigenvalue weighted by Crippen LogP contribution is -3.10. The minimum absolute atomic E-state index is 0.276. The van der Waals surface area contributed by atoms with Gasteiger partial charge in [0.05, 0.1) is 17.2 Å². The largest absolute Gasteiger partial charge is 0.545 e. The molecule has 1 aliphatic heterocycles. The average Bonchev–Trinajstić information content (AvgIpc) is 3.26. The van der Waals surface area contributed by atoms with Crippen molar-refractivity contribution >= 4 is 39.9 Å². The molecule has 1 unspecified atom stereocenters. The maximum absolute atomic E-state index is 12.2. The zero-order valence-electron chi connectivity index (χ0n) is 16.3. The van der Waals surface area contributed by atoms with Crippen LogP contribution in [0.2, 0.25) is 0 Å². The van der Waals surface area contributed by atoms with Crippen molar-refractivity contribution < 1.29 is 14.8 Å². The van der Waals surface area contributed by atoms with Crippen molar-refractivity contribution in [3.63, 3.8) is 0 Å². The van der Waals surface area contributed by atoms with Gasteiger partial charge >= 0.3 is 0 Å². The number of rotatable bonds is 4. The normalized spacial score (nSPS) is 17.2. The van der Waals surface area contributed by atoms with Gasteiger partial charge in [-0.15, -0.1) is 11.3 Å². The average molecular weight is 413 g/mol. The van der Waals surface area contributed by atoms with Crippen LogP contribution in [0.15, 0.2) is 72.1 Å². The first-order chi connectivity index (χ1) is 14.7. The van der Waals surface area contributed by atoms with Gasteiger partial charge in [0.1, 0.15) is 19.6 Å². The van der Waals surface area contributed by atoms with Gasteiger partial charge in [0.2, 0.25) is 0 Å². The number of pyridine rings is 1. The van der Waals surface area contributed by atoms with Crippen molar-refractivity contribution in [3.05, 3.63) is 99.4 Å². The number of benzene rings is 2. The second-order valence-corrected chi connectivity index (χ2v) is 8.55. The van der Waals surface area contributed by atoms with E-state index in [0.29, 0.717) is 17.4 Å². The van der Waals surface area contributed by atoms with Crippen molar-refractivity contribution in [1.29, 1.82) is 0 Å². The molecule has 0 radical (unpaired) electrons. The Labute approximate surface area is 178 Å². The lowest BCUT2D eigenvalue weighted by Gasteiger charge is -2.30. The number of carbonyl (C=O) groups excluding carboxylic acids is 1. The van der Waals surface area contributed by atoms with E-state index >= 15 is 0 Å². The van der Waals surface area contributed by atoms with Gasteiger partial charge < -0.3 is 14.8 Å². The van der Waals surface area contributed by atoms with Crippen LogP contribution in [0.3, 0.4) is 0 Å². The van der Waals surface area contributed by atoms with Crippen molar-refractivity contribution in [2.24, 2.45) is 0 Å². The molecule has 30 heavy (non-hydrogen) atoms. The molecule has 5 rings (SSSR count). The number of nitrogens with zero attached hydrogens (tertiary/aromatic N) is 1. The Hall–Kier alpha value is -3.28. The number of aromatic nitrogens is 1. The van der Waals surface area contributed by atoms with E-state index in [1.165, 1.54) is 10.5 Å². The molecule has 4 aromatic rings. The van der Waals surface area contributed by atoms with Crippen molar-refractivity contribution in [3.8, 4) is 0 Å². The van der Waals surface area contributed by atoms with Crippen LogP contribution < -0.4 is 10.0 Å². The summed E-state index contributed by atoms with van der Waals surface area (Å²) in [7, 11) is 0. The molecule has 4 nitrogen and oxygen atoms in total. The van der Waals surface area contributed by atoms with Crippen LogP contribution in [0.5, 0.6) is 0 Å². The summed E-state index contributed by atoms with van der Waals surface area (Å²) in [4.78, 5) is 19.5. The third kappa shape index (κ3) is 3.54. The Morgan fingerprint density at radius 2 is 1.83 bits per heavy atom. The predicted molar refractivity (Wildman–Crippen MR) is 118 cm³/mol. The van der Waals surface area contributed by atoms with E-state index in [-0.39, 0.29) is 5.56 Å². The molecule has 0 saturated carbocycles. The molecular weight excluding hydrogens is 392 g/mol. The van der Waals surface area contributed by atoms with E-state index in [9.17, 15) is 9.90 Å². The lowest BCUT2D eigenvalue weighted by atomic mass is 9.92. The summed E-state index contributed by atoms with van der Waals surface area (Å²) in [6, 6.07) is 21.8. The number of aromatic carboxylic acids is 1. The molecule has 0 amide bonds. The molecular formula is C25H20N2O2S. The highest BCUT2D eigenvalue weighted by Crippen LogP contribution is 2.30. The van der Waals surface area contributed by atoms with E-state index < -0.39 is 5.97 Å². The number of hydrogen-bond donors (Lipinski definition) is 1. The number of carbonyl (C=O) groups is 1. The van der Waals surface area contributed by atoms with E-state index in [0.717, 1.165) is 34.8 Å². The summed E-state index contributed by atoms with van der Waals surface area (Å²) >= 11 is 1.67. The molecule has 1 aliphatic rings. The number of quaternary nitrogens is 1. The lowest BCUT2D eigenvalue weighted by molar-refractivity contribution is -0.921. The fourth-order valence-electron chi connectivity index (χ4n) is 4.26. The maximum Gasteiger partial charge on any atom is 0.106 e. The van der Waals surface area contributed by atoms with Crippen molar-refractivity contribution in [1.82, 2.24) is 4.98 Å². The summed E-state index contributed by atoms with van der Waals surface area (Å²) < 4.78 is 0. The molecule has 148 valence electrons. The van der Waals surface area contributed by atoms with Crippen LogP contribution >= 0.6 is 11.3 Å². The number of hydrogen-bond acceptors (Lipinski definition) is 4. The second-order valence-electron chi connectivity index (χ2n) is 7.57. The van der Waals surface area contributed by atoms with Crippen molar-refractivity contribution in [2.75, 3.05) is 6.54 Å². The molecule has 1 N–H and O–H groups in total. The Kier molecular flexibility index (Phi) is 4.91. The van der Waals surface area contributed by atoms with E-state index in [1.807, 2.05) is 53.9 Å². The van der Waals surface area contributed by atoms with Gasteiger partial charge in [0.25, 0.3) is 0 Å². The number of para-hydroxylation sites is 1. The van der Waals surface area contributed by atoms with Gasteiger partial charge in [-0.1, -0.05) is 54.6 Å². The Morgan fingerprint density at radius 3 is 2.60 bits per heavy atom. The van der Waals surface area contributed by atoms with Gasteiger partial charge in [0.15, 0.2) is 0 Å². The first-order valence-electron chi connectivity index (χ1n) is 9.94. The Morgan fingerprint density at radius 1 is 1.03 bits per heavy atom. The number of carboxylic acids is 1. The monoisotopic (exact) mass is 412 g/mol. The predicted octanol–water partition coefficient (Wildman–Crippen LogP) is 2.80. The van der Waals surface area contributed by atoms with Gasteiger partial charge in [0, 0.05) is 32.5 Å². The zero-order valence-corrected chi connectivity index (χ0v) is 17.1. The van der Waals surface area contributed by atoms with Gasteiger partial charge in [-0.2, -0.15) is 0 Å². The third-order valence-electron chi connectivity index (χ3n) is 5.53. The topological polar surface area (TPSA) is 57.5 Å². The fourth-order valence-corrected chi connectivity index (χ4v) is 4.94. The van der Waals surface area contributed by atoms with Gasteiger partial charge in [-0.05, 0) is 23.6 Å². The molecule has 1 atom stereocenters. The minimum Gasteiger partial charge on any atom is -0.545 e. The zero-order chi connectivity index (χ0) is 20.5. The smallest absolute Gasteiger partial charge is 0.106 e. The van der Waals surface area contributed by atoms with E-state index in [4.69, 9.17) is 4.98 Å². The van der Waals surface area contributed by atoms with Crippen LogP contribution in [0, 0.1) is 0 Å². The van der Waals surface area contributed by atoms with Crippen LogP contribution in [0.1, 0.15) is 32.1 Å². The maximum atomic E-state index is 12.2. The molecule has 5 heteroatoms. The number of nitrogens with one attached hydrogen (secondary N) is 1. The van der Waals surface area contributed by atoms with Crippen LogP contribution in [-0.2, 0) is 13.1 Å². The Balaban J connectivity index is 1.68. The molecule has 0 fully saturated rings. The summed E-state index contributed by atoms with van der Waals surface area (Å²) in [5.41, 5.74) is 4.83.